The number of rotatable bonds is 4. The quantitative estimate of drug-likeness (QED) is 0.799. The average molecular weight is 302 g/mol. The van der Waals surface area contributed by atoms with Crippen LogP contribution in [0.4, 0.5) is 0 Å². The molecule has 0 fully saturated rings. The second-order valence-corrected chi connectivity index (χ2v) is 5.18. The van der Waals surface area contributed by atoms with E-state index >= 15 is 0 Å². The maximum Gasteiger partial charge on any atom is 0.347 e. The zero-order chi connectivity index (χ0) is 15.4. The Balaban J connectivity index is 2.11. The van der Waals surface area contributed by atoms with Gasteiger partial charge in [-0.1, -0.05) is 12.1 Å². The van der Waals surface area contributed by atoms with Gasteiger partial charge in [-0.2, -0.15) is 5.26 Å². The van der Waals surface area contributed by atoms with Crippen LogP contribution in [0.25, 0.3) is 0 Å². The van der Waals surface area contributed by atoms with Gasteiger partial charge in [0.05, 0.1) is 10.4 Å². The Morgan fingerprint density at radius 3 is 2.67 bits per heavy atom. The molecule has 7 heteroatoms. The van der Waals surface area contributed by atoms with E-state index in [9.17, 15) is 14.7 Å². The normalized spacial score (nSPS) is 9.86. The van der Waals surface area contributed by atoms with Crippen molar-refractivity contribution >= 4 is 23.2 Å². The zero-order valence-electron chi connectivity index (χ0n) is 10.7. The van der Waals surface area contributed by atoms with Crippen molar-refractivity contribution in [3.8, 4) is 11.8 Å². The van der Waals surface area contributed by atoms with Crippen LogP contribution in [0, 0.1) is 11.3 Å². The highest BCUT2D eigenvalue weighted by Crippen LogP contribution is 2.22. The lowest BCUT2D eigenvalue weighted by Crippen LogP contribution is -2.21. The van der Waals surface area contributed by atoms with Gasteiger partial charge in [-0.05, 0) is 23.8 Å². The number of thiophene rings is 1. The molecule has 3 N–H and O–H groups in total. The van der Waals surface area contributed by atoms with Crippen LogP contribution in [-0.2, 0) is 6.54 Å². The first-order valence-electron chi connectivity index (χ1n) is 5.84. The molecule has 1 aromatic heterocycles. The monoisotopic (exact) mass is 302 g/mol. The fraction of sp³-hybridized carbons (Fsp3) is 0.0714. The molecule has 2 aromatic rings. The van der Waals surface area contributed by atoms with Crippen LogP contribution in [-0.4, -0.2) is 22.1 Å². The molecule has 106 valence electrons. The van der Waals surface area contributed by atoms with Gasteiger partial charge in [-0.3, -0.25) is 4.79 Å². The third-order valence-electron chi connectivity index (χ3n) is 2.63. The summed E-state index contributed by atoms with van der Waals surface area (Å²) in [6, 6.07) is 9.42. The molecule has 0 saturated carbocycles. The first kappa shape index (κ1) is 14.6. The van der Waals surface area contributed by atoms with E-state index in [0.717, 1.165) is 11.3 Å². The van der Waals surface area contributed by atoms with Crippen molar-refractivity contribution in [2.75, 3.05) is 0 Å². The standard InChI is InChI=1S/C14H10N2O4S/c15-6-9-5-11(21-12(9)14(19)20)13(18)16-7-8-2-1-3-10(17)4-8/h1-5,17H,7H2,(H,16,18)(H,19,20). The number of aromatic carboxylic acids is 1. The number of nitrogens with zero attached hydrogens (tertiary/aromatic N) is 1. The summed E-state index contributed by atoms with van der Waals surface area (Å²) >= 11 is 0.755. The Kier molecular flexibility index (Phi) is 4.21. The minimum atomic E-state index is -1.23. The lowest BCUT2D eigenvalue weighted by Gasteiger charge is -2.04. The molecule has 1 heterocycles. The molecule has 2 rings (SSSR count). The number of nitrogens with one attached hydrogen (secondary N) is 1. The van der Waals surface area contributed by atoms with Gasteiger partial charge in [-0.25, -0.2) is 4.79 Å². The number of hydrogen-bond donors (Lipinski definition) is 3. The van der Waals surface area contributed by atoms with Crippen molar-refractivity contribution < 1.29 is 19.8 Å². The van der Waals surface area contributed by atoms with Crippen LogP contribution >= 0.6 is 11.3 Å². The summed E-state index contributed by atoms with van der Waals surface area (Å²) in [5.74, 6) is -1.60. The average Bonchev–Trinajstić information content (AvgIpc) is 2.89. The number of carboxylic acid groups (broad SMARTS) is 1. The van der Waals surface area contributed by atoms with E-state index in [4.69, 9.17) is 10.4 Å². The van der Waals surface area contributed by atoms with E-state index in [1.165, 1.54) is 18.2 Å². The maximum absolute atomic E-state index is 11.9. The van der Waals surface area contributed by atoms with E-state index in [1.54, 1.807) is 18.2 Å². The number of carboxylic acids is 1. The Morgan fingerprint density at radius 2 is 2.10 bits per heavy atom. The lowest BCUT2D eigenvalue weighted by molar-refractivity contribution is 0.0701. The molecule has 0 aliphatic rings. The summed E-state index contributed by atoms with van der Waals surface area (Å²) in [5, 5.41) is 29.7. The number of phenolic OH excluding ortho intramolecular Hbond substituents is 1. The molecule has 0 aliphatic carbocycles. The minimum Gasteiger partial charge on any atom is -0.508 e. The molecule has 0 bridgehead atoms. The lowest BCUT2D eigenvalue weighted by atomic mass is 10.2. The zero-order valence-corrected chi connectivity index (χ0v) is 11.5. The Hall–Kier alpha value is -2.85. The van der Waals surface area contributed by atoms with Gasteiger partial charge < -0.3 is 15.5 Å². The highest BCUT2D eigenvalue weighted by Gasteiger charge is 2.18. The van der Waals surface area contributed by atoms with Crippen LogP contribution in [0.5, 0.6) is 5.75 Å². The van der Waals surface area contributed by atoms with Crippen LogP contribution in [0.15, 0.2) is 30.3 Å². The van der Waals surface area contributed by atoms with E-state index < -0.39 is 11.9 Å². The van der Waals surface area contributed by atoms with Gasteiger partial charge in [0.15, 0.2) is 0 Å². The summed E-state index contributed by atoms with van der Waals surface area (Å²) < 4.78 is 0. The van der Waals surface area contributed by atoms with Crippen LogP contribution < -0.4 is 5.32 Å². The highest BCUT2D eigenvalue weighted by molar-refractivity contribution is 7.16. The minimum absolute atomic E-state index is 0.0324. The predicted molar refractivity (Wildman–Crippen MR) is 75.3 cm³/mol. The van der Waals surface area contributed by atoms with Gasteiger partial charge in [-0.15, -0.1) is 11.3 Å². The fourth-order valence-electron chi connectivity index (χ4n) is 1.68. The number of benzene rings is 1. The number of carbonyl (C=O) groups is 2. The van der Waals surface area contributed by atoms with Crippen molar-refractivity contribution in [2.24, 2.45) is 0 Å². The fourth-order valence-corrected chi connectivity index (χ4v) is 2.54. The Labute approximate surface area is 123 Å². The van der Waals surface area contributed by atoms with Crippen molar-refractivity contribution in [3.05, 3.63) is 51.2 Å². The topological polar surface area (TPSA) is 110 Å². The first-order chi connectivity index (χ1) is 10.0. The molecular weight excluding hydrogens is 292 g/mol. The molecule has 0 atom stereocenters. The van der Waals surface area contributed by atoms with E-state index in [2.05, 4.69) is 5.32 Å². The molecule has 1 aromatic carbocycles. The number of nitriles is 1. The number of phenols is 1. The maximum atomic E-state index is 11.9. The van der Waals surface area contributed by atoms with Gasteiger partial charge in [0.1, 0.15) is 16.7 Å². The van der Waals surface area contributed by atoms with Gasteiger partial charge >= 0.3 is 5.97 Å². The van der Waals surface area contributed by atoms with E-state index in [-0.39, 0.29) is 27.6 Å². The first-order valence-corrected chi connectivity index (χ1v) is 6.66. The van der Waals surface area contributed by atoms with Gasteiger partial charge in [0.2, 0.25) is 0 Å². The number of carbonyl (C=O) groups excluding carboxylic acids is 1. The summed E-state index contributed by atoms with van der Waals surface area (Å²) in [6.07, 6.45) is 0. The molecular formula is C14H10N2O4S. The molecule has 1 amide bonds. The summed E-state index contributed by atoms with van der Waals surface area (Å²) in [6.45, 7) is 0.190. The second kappa shape index (κ2) is 6.07. The van der Waals surface area contributed by atoms with Crippen LogP contribution in [0.2, 0.25) is 0 Å². The number of aromatic hydroxyl groups is 1. The van der Waals surface area contributed by atoms with E-state index in [1.807, 2.05) is 0 Å². The van der Waals surface area contributed by atoms with E-state index in [0.29, 0.717) is 5.56 Å². The molecule has 0 aliphatic heterocycles. The third kappa shape index (κ3) is 3.38. The molecule has 0 radical (unpaired) electrons. The van der Waals surface area contributed by atoms with Crippen LogP contribution in [0.3, 0.4) is 0 Å². The summed E-state index contributed by atoms with van der Waals surface area (Å²) in [5.41, 5.74) is 0.675. The van der Waals surface area contributed by atoms with Gasteiger partial charge in [0.25, 0.3) is 5.91 Å². The SMILES string of the molecule is N#Cc1cc(C(=O)NCc2cccc(O)c2)sc1C(=O)O. The third-order valence-corrected chi connectivity index (χ3v) is 3.76. The molecule has 0 saturated heterocycles. The summed E-state index contributed by atoms with van der Waals surface area (Å²) in [7, 11) is 0. The van der Waals surface area contributed by atoms with Crippen molar-refractivity contribution in [1.82, 2.24) is 5.32 Å². The second-order valence-electron chi connectivity index (χ2n) is 4.12. The molecule has 21 heavy (non-hydrogen) atoms. The summed E-state index contributed by atoms with van der Waals surface area (Å²) in [4.78, 5) is 22.9. The largest absolute Gasteiger partial charge is 0.508 e. The Morgan fingerprint density at radius 1 is 1.33 bits per heavy atom. The highest BCUT2D eigenvalue weighted by atomic mass is 32.1. The number of amides is 1. The Bertz CT molecular complexity index is 746. The van der Waals surface area contributed by atoms with Crippen molar-refractivity contribution in [1.29, 1.82) is 5.26 Å². The van der Waals surface area contributed by atoms with Crippen LogP contribution in [0.1, 0.15) is 30.5 Å². The predicted octanol–water partition coefficient (Wildman–Crippen LogP) is 1.95. The molecule has 0 spiro atoms. The number of hydrogen-bond acceptors (Lipinski definition) is 5. The molecule has 6 nitrogen and oxygen atoms in total. The smallest absolute Gasteiger partial charge is 0.347 e. The van der Waals surface area contributed by atoms with Crippen molar-refractivity contribution in [3.63, 3.8) is 0 Å². The van der Waals surface area contributed by atoms with Crippen molar-refractivity contribution in [2.45, 2.75) is 6.54 Å². The molecule has 0 unspecified atom stereocenters. The van der Waals surface area contributed by atoms with Gasteiger partial charge in [0, 0.05) is 6.54 Å².